The number of benzene rings is 3. The van der Waals surface area contributed by atoms with Crippen molar-refractivity contribution in [3.05, 3.63) is 101 Å². The molecule has 3 heterocycles. The highest BCUT2D eigenvalue weighted by Crippen LogP contribution is 2.42. The average molecular weight is 603 g/mol. The Kier molecular flexibility index (Phi) is 9.14. The van der Waals surface area contributed by atoms with E-state index in [0.29, 0.717) is 19.6 Å². The SMILES string of the molecule is C[C@@H]1Cc2c([nH]c3ccccc23)[C@@H](c2cccc(NCCN(CCCF)C(=O)OCc3ccccc3)c2)N1CC1(F)COC1. The Morgan fingerprint density at radius 3 is 2.66 bits per heavy atom. The zero-order chi connectivity index (χ0) is 30.5. The van der Waals surface area contributed by atoms with Gasteiger partial charge in [-0.1, -0.05) is 60.7 Å². The molecule has 6 rings (SSSR count). The number of aromatic amines is 1. The van der Waals surface area contributed by atoms with Crippen molar-refractivity contribution in [3.8, 4) is 0 Å². The van der Waals surface area contributed by atoms with E-state index in [-0.39, 0.29) is 44.9 Å². The first-order valence-corrected chi connectivity index (χ1v) is 15.4. The van der Waals surface area contributed by atoms with Crippen LogP contribution in [0.1, 0.15) is 41.8 Å². The Bertz CT molecular complexity index is 1560. The third-order valence-electron chi connectivity index (χ3n) is 8.64. The van der Waals surface area contributed by atoms with Gasteiger partial charge in [-0.05, 0) is 54.7 Å². The summed E-state index contributed by atoms with van der Waals surface area (Å²) in [5, 5.41) is 4.65. The number of ether oxygens (including phenoxy) is 2. The van der Waals surface area contributed by atoms with Crippen LogP contribution in [0, 0.1) is 0 Å². The molecule has 9 heteroatoms. The normalized spacial score (nSPS) is 19.2. The molecule has 1 saturated heterocycles. The van der Waals surface area contributed by atoms with Gasteiger partial charge in [-0.2, -0.15) is 0 Å². The van der Waals surface area contributed by atoms with E-state index in [9.17, 15) is 9.18 Å². The van der Waals surface area contributed by atoms with E-state index in [1.54, 1.807) is 4.90 Å². The summed E-state index contributed by atoms with van der Waals surface area (Å²) < 4.78 is 39.3. The van der Waals surface area contributed by atoms with E-state index in [1.165, 1.54) is 10.9 Å². The molecule has 7 nitrogen and oxygen atoms in total. The first-order valence-electron chi connectivity index (χ1n) is 15.4. The van der Waals surface area contributed by atoms with Crippen LogP contribution in [-0.2, 0) is 22.5 Å². The number of nitrogens with one attached hydrogen (secondary N) is 2. The maximum absolute atomic E-state index is 15.5. The molecular formula is C35H40F2N4O3. The van der Waals surface area contributed by atoms with Crippen molar-refractivity contribution in [2.45, 2.75) is 44.1 Å². The van der Waals surface area contributed by atoms with Gasteiger partial charge in [-0.3, -0.25) is 9.29 Å². The number of hydrogen-bond acceptors (Lipinski definition) is 5. The van der Waals surface area contributed by atoms with Gasteiger partial charge >= 0.3 is 6.09 Å². The quantitative estimate of drug-likeness (QED) is 0.190. The predicted molar refractivity (Wildman–Crippen MR) is 168 cm³/mol. The number of para-hydroxylation sites is 1. The highest BCUT2D eigenvalue weighted by Gasteiger charge is 2.45. The van der Waals surface area contributed by atoms with E-state index >= 15 is 4.39 Å². The van der Waals surface area contributed by atoms with Gasteiger partial charge in [0.2, 0.25) is 0 Å². The van der Waals surface area contributed by atoms with Gasteiger partial charge in [0.05, 0.1) is 25.9 Å². The molecule has 0 bridgehead atoms. The second kappa shape index (κ2) is 13.4. The average Bonchev–Trinajstić information content (AvgIpc) is 3.39. The monoisotopic (exact) mass is 602 g/mol. The first kappa shape index (κ1) is 30.1. The summed E-state index contributed by atoms with van der Waals surface area (Å²) in [7, 11) is 0. The van der Waals surface area contributed by atoms with Crippen LogP contribution in [0.2, 0.25) is 0 Å². The molecule has 0 unspecified atom stereocenters. The molecule has 2 N–H and O–H groups in total. The number of alkyl halides is 2. The van der Waals surface area contributed by atoms with Crippen molar-refractivity contribution in [1.29, 1.82) is 0 Å². The summed E-state index contributed by atoms with van der Waals surface area (Å²) in [6, 6.07) is 26.0. The lowest BCUT2D eigenvalue weighted by atomic mass is 9.87. The number of amides is 1. The van der Waals surface area contributed by atoms with Crippen molar-refractivity contribution in [1.82, 2.24) is 14.8 Å². The summed E-state index contributed by atoms with van der Waals surface area (Å²) in [6.45, 7) is 3.47. The fraction of sp³-hybridized carbons (Fsp3) is 0.400. The largest absolute Gasteiger partial charge is 0.445 e. The zero-order valence-corrected chi connectivity index (χ0v) is 25.1. The molecule has 0 radical (unpaired) electrons. The number of anilines is 1. The minimum Gasteiger partial charge on any atom is -0.445 e. The first-order chi connectivity index (χ1) is 21.4. The van der Waals surface area contributed by atoms with Gasteiger partial charge in [0, 0.05) is 54.5 Å². The van der Waals surface area contributed by atoms with E-state index in [4.69, 9.17) is 9.47 Å². The number of H-pyrrole nitrogens is 1. The third-order valence-corrected chi connectivity index (χ3v) is 8.64. The number of carbonyl (C=O) groups is 1. The Hall–Kier alpha value is -3.95. The Morgan fingerprint density at radius 1 is 1.09 bits per heavy atom. The molecule has 3 aromatic carbocycles. The van der Waals surface area contributed by atoms with Crippen LogP contribution in [0.25, 0.3) is 10.9 Å². The lowest BCUT2D eigenvalue weighted by Crippen LogP contribution is -2.57. The van der Waals surface area contributed by atoms with Crippen LogP contribution in [0.4, 0.5) is 19.3 Å². The van der Waals surface area contributed by atoms with Gasteiger partial charge in [0.25, 0.3) is 0 Å². The lowest BCUT2D eigenvalue weighted by molar-refractivity contribution is -0.147. The standard InChI is InChI=1S/C35H40F2N4O3/c1-25-19-30-29-13-5-6-14-31(29)39-32(30)33(41(25)22-35(37)23-43-24-35)27-11-7-12-28(20-27)38-16-18-40(17-8-15-36)34(42)44-21-26-9-3-2-4-10-26/h2-7,9-14,20,25,33,38-39H,8,15-19,21-24H2,1H3/t25-,33-/m1/s1. The van der Waals surface area contributed by atoms with Gasteiger partial charge in [0.1, 0.15) is 6.61 Å². The van der Waals surface area contributed by atoms with Crippen LogP contribution < -0.4 is 5.32 Å². The van der Waals surface area contributed by atoms with Crippen LogP contribution in [0.15, 0.2) is 78.9 Å². The lowest BCUT2D eigenvalue weighted by Gasteiger charge is -2.46. The molecule has 4 aromatic rings. The third kappa shape index (κ3) is 6.59. The van der Waals surface area contributed by atoms with Crippen LogP contribution in [-0.4, -0.2) is 78.7 Å². The summed E-state index contributed by atoms with van der Waals surface area (Å²) >= 11 is 0. The molecule has 0 aliphatic carbocycles. The van der Waals surface area contributed by atoms with Gasteiger partial charge < -0.3 is 24.7 Å². The minimum atomic E-state index is -1.36. The molecule has 1 amide bonds. The maximum atomic E-state index is 15.5. The van der Waals surface area contributed by atoms with Crippen LogP contribution in [0.5, 0.6) is 0 Å². The van der Waals surface area contributed by atoms with Gasteiger partial charge in [0.15, 0.2) is 5.67 Å². The molecule has 0 spiro atoms. The van der Waals surface area contributed by atoms with E-state index in [0.717, 1.165) is 34.4 Å². The highest BCUT2D eigenvalue weighted by molar-refractivity contribution is 5.85. The summed E-state index contributed by atoms with van der Waals surface area (Å²) in [6.07, 6.45) is 0.621. The summed E-state index contributed by atoms with van der Waals surface area (Å²) in [4.78, 5) is 20.3. The second-order valence-electron chi connectivity index (χ2n) is 12.0. The topological polar surface area (TPSA) is 69.8 Å². The molecular weight excluding hydrogens is 562 g/mol. The van der Waals surface area contributed by atoms with E-state index in [1.807, 2.05) is 48.5 Å². The number of nitrogens with zero attached hydrogens (tertiary/aromatic N) is 2. The Morgan fingerprint density at radius 2 is 1.89 bits per heavy atom. The molecule has 1 aromatic heterocycles. The van der Waals surface area contributed by atoms with Gasteiger partial charge in [-0.25, -0.2) is 9.18 Å². The van der Waals surface area contributed by atoms with E-state index in [2.05, 4.69) is 52.5 Å². The predicted octanol–water partition coefficient (Wildman–Crippen LogP) is 6.65. The minimum absolute atomic E-state index is 0.122. The van der Waals surface area contributed by atoms with Crippen molar-refractivity contribution in [3.63, 3.8) is 0 Å². The van der Waals surface area contributed by atoms with Crippen molar-refractivity contribution in [2.75, 3.05) is 51.4 Å². The van der Waals surface area contributed by atoms with Crippen LogP contribution in [0.3, 0.4) is 0 Å². The van der Waals surface area contributed by atoms with E-state index < -0.39 is 18.4 Å². The molecule has 0 saturated carbocycles. The van der Waals surface area contributed by atoms with Crippen LogP contribution >= 0.6 is 0 Å². The van der Waals surface area contributed by atoms with Crippen molar-refractivity contribution < 1.29 is 23.0 Å². The molecule has 2 aliphatic rings. The number of fused-ring (bicyclic) bond motifs is 3. The Labute approximate surface area is 257 Å². The number of hydrogen-bond donors (Lipinski definition) is 2. The summed E-state index contributed by atoms with van der Waals surface area (Å²) in [5.74, 6) is 0. The maximum Gasteiger partial charge on any atom is 0.410 e. The van der Waals surface area contributed by atoms with Crippen molar-refractivity contribution in [2.24, 2.45) is 0 Å². The fourth-order valence-electron chi connectivity index (χ4n) is 6.36. The number of halogens is 2. The fourth-order valence-corrected chi connectivity index (χ4v) is 6.36. The molecule has 2 aliphatic heterocycles. The molecule has 44 heavy (non-hydrogen) atoms. The Balaban J connectivity index is 1.19. The molecule has 1 fully saturated rings. The summed E-state index contributed by atoms with van der Waals surface area (Å²) in [5.41, 5.74) is 4.95. The number of rotatable bonds is 12. The zero-order valence-electron chi connectivity index (χ0n) is 25.1. The second-order valence-corrected chi connectivity index (χ2v) is 12.0. The molecule has 232 valence electrons. The number of aromatic nitrogens is 1. The van der Waals surface area contributed by atoms with Crippen molar-refractivity contribution >= 4 is 22.7 Å². The van der Waals surface area contributed by atoms with Gasteiger partial charge in [-0.15, -0.1) is 0 Å². The molecule has 2 atom stereocenters. The smallest absolute Gasteiger partial charge is 0.410 e. The highest BCUT2D eigenvalue weighted by atomic mass is 19.1. The number of carbonyl (C=O) groups excluding carboxylic acids is 1.